The van der Waals surface area contributed by atoms with E-state index < -0.39 is 5.92 Å². The van der Waals surface area contributed by atoms with Crippen molar-refractivity contribution in [1.82, 2.24) is 20.7 Å². The van der Waals surface area contributed by atoms with Gasteiger partial charge in [0.1, 0.15) is 0 Å². The van der Waals surface area contributed by atoms with Crippen molar-refractivity contribution in [2.24, 2.45) is 5.92 Å². The molecule has 28 heavy (non-hydrogen) atoms. The Morgan fingerprint density at radius 2 is 2.07 bits per heavy atom. The Morgan fingerprint density at radius 3 is 2.82 bits per heavy atom. The number of nitrogens with one attached hydrogen (secondary N) is 2. The van der Waals surface area contributed by atoms with Crippen LogP contribution in [0.15, 0.2) is 36.5 Å². The van der Waals surface area contributed by atoms with E-state index in [1.807, 2.05) is 6.07 Å². The molecular weight excluding hydrogens is 360 g/mol. The lowest BCUT2D eigenvalue weighted by atomic mass is 10.0. The number of unbranched alkanes of at least 4 members (excludes halogenated alkanes) is 2. The molecule has 150 valence electrons. The number of rotatable bonds is 11. The molecule has 3 amide bonds. The highest BCUT2D eigenvalue weighted by atomic mass is 16.5. The molecule has 0 bridgehead atoms. The molecule has 0 unspecified atom stereocenters. The van der Waals surface area contributed by atoms with Gasteiger partial charge in [0.05, 0.1) is 24.6 Å². The van der Waals surface area contributed by atoms with E-state index in [1.165, 1.54) is 0 Å². The highest BCUT2D eigenvalue weighted by Gasteiger charge is 2.20. The highest BCUT2D eigenvalue weighted by Crippen LogP contribution is 2.13. The Morgan fingerprint density at radius 1 is 1.25 bits per heavy atom. The van der Waals surface area contributed by atoms with Gasteiger partial charge in [0.2, 0.25) is 12.3 Å². The summed E-state index contributed by atoms with van der Waals surface area (Å²) in [5.74, 6) is -1.17. The molecule has 0 fully saturated rings. The minimum absolute atomic E-state index is 0.0421. The summed E-state index contributed by atoms with van der Waals surface area (Å²) in [6.07, 6.45) is 5.30. The van der Waals surface area contributed by atoms with Gasteiger partial charge < -0.3 is 10.6 Å². The van der Waals surface area contributed by atoms with E-state index in [4.69, 9.17) is 0 Å². The summed E-state index contributed by atoms with van der Waals surface area (Å²) in [6, 6.07) is 8.85. The van der Waals surface area contributed by atoms with Crippen molar-refractivity contribution < 1.29 is 19.6 Å². The summed E-state index contributed by atoms with van der Waals surface area (Å²) in [5.41, 5.74) is 1.27. The summed E-state index contributed by atoms with van der Waals surface area (Å²) in [4.78, 5) is 39.5. The van der Waals surface area contributed by atoms with Crippen LogP contribution >= 0.6 is 0 Å². The fraction of sp³-hybridized carbons (Fsp3) is 0.400. The number of hydrogen-bond donors (Lipinski definition) is 3. The Labute approximate surface area is 163 Å². The predicted molar refractivity (Wildman–Crippen MR) is 104 cm³/mol. The maximum atomic E-state index is 12.4. The van der Waals surface area contributed by atoms with Gasteiger partial charge in [-0.15, -0.1) is 0 Å². The number of amides is 3. The van der Waals surface area contributed by atoms with E-state index >= 15 is 0 Å². The van der Waals surface area contributed by atoms with Crippen molar-refractivity contribution in [2.75, 3.05) is 13.2 Å². The van der Waals surface area contributed by atoms with Crippen molar-refractivity contribution in [3.8, 4) is 0 Å². The number of carbonyl (C=O) groups excluding carboxylic acids is 3. The lowest BCUT2D eigenvalue weighted by Crippen LogP contribution is -2.43. The molecule has 8 heteroatoms. The van der Waals surface area contributed by atoms with Crippen LogP contribution < -0.4 is 10.6 Å². The Balaban J connectivity index is 1.88. The minimum Gasteiger partial charge on any atom is -0.338 e. The molecule has 0 saturated heterocycles. The second kappa shape index (κ2) is 11.0. The van der Waals surface area contributed by atoms with Gasteiger partial charge in [0, 0.05) is 17.1 Å². The topological polar surface area (TPSA) is 112 Å². The van der Waals surface area contributed by atoms with E-state index in [0.29, 0.717) is 17.0 Å². The number of benzene rings is 1. The molecular formula is C20H26N4O4. The third kappa shape index (κ3) is 6.31. The zero-order valence-electron chi connectivity index (χ0n) is 15.9. The molecule has 1 atom stereocenters. The number of hydroxylamine groups is 2. The summed E-state index contributed by atoms with van der Waals surface area (Å²) >= 11 is 0. The van der Waals surface area contributed by atoms with Crippen molar-refractivity contribution >= 4 is 29.1 Å². The summed E-state index contributed by atoms with van der Waals surface area (Å²) < 4.78 is 0. The second-order valence-electron chi connectivity index (χ2n) is 6.55. The molecule has 3 N–H and O–H groups in total. The van der Waals surface area contributed by atoms with E-state index in [-0.39, 0.29) is 31.4 Å². The minimum atomic E-state index is -0.537. The average molecular weight is 386 g/mol. The van der Waals surface area contributed by atoms with E-state index in [2.05, 4.69) is 22.5 Å². The number of carbonyl (C=O) groups is 3. The van der Waals surface area contributed by atoms with Crippen LogP contribution in [0.2, 0.25) is 0 Å². The third-order valence-corrected chi connectivity index (χ3v) is 4.43. The quantitative estimate of drug-likeness (QED) is 0.180. The van der Waals surface area contributed by atoms with Crippen molar-refractivity contribution in [2.45, 2.75) is 32.6 Å². The molecule has 1 aromatic carbocycles. The normalized spacial score (nSPS) is 11.6. The molecule has 2 aromatic rings. The second-order valence-corrected chi connectivity index (χ2v) is 6.55. The maximum absolute atomic E-state index is 12.4. The standard InChI is InChI=1S/C20H26N4O4/c1-2-3-4-6-17(12-24(28)14-25)20(27)23-13-22-19(26)16-8-9-18-15(11-16)7-5-10-21-18/h5,7-11,14,17,28H,2-4,6,12-13H2,1H3,(H,22,26)(H,23,27)/t17-/m0/s1. The van der Waals surface area contributed by atoms with Crippen LogP contribution in [0.3, 0.4) is 0 Å². The van der Waals surface area contributed by atoms with Gasteiger partial charge in [-0.05, 0) is 30.7 Å². The lowest BCUT2D eigenvalue weighted by Gasteiger charge is -2.19. The maximum Gasteiger partial charge on any atom is 0.252 e. The molecule has 0 saturated carbocycles. The largest absolute Gasteiger partial charge is 0.338 e. The fourth-order valence-electron chi connectivity index (χ4n) is 2.89. The first kappa shape index (κ1) is 21.3. The van der Waals surface area contributed by atoms with Gasteiger partial charge >= 0.3 is 0 Å². The Kier molecular flexibility index (Phi) is 8.36. The SMILES string of the molecule is CCCCC[C@@H](CN(O)C=O)C(=O)NCNC(=O)c1ccc2ncccc2c1. The van der Waals surface area contributed by atoms with Gasteiger partial charge in [0.15, 0.2) is 0 Å². The van der Waals surface area contributed by atoms with Gasteiger partial charge in [0.25, 0.3) is 5.91 Å². The molecule has 0 aliphatic rings. The number of hydrogen-bond acceptors (Lipinski definition) is 5. The molecule has 1 aromatic heterocycles. The number of pyridine rings is 1. The van der Waals surface area contributed by atoms with Crippen LogP contribution in [0.4, 0.5) is 0 Å². The Bertz CT molecular complexity index is 812. The van der Waals surface area contributed by atoms with Crippen LogP contribution in [-0.2, 0) is 9.59 Å². The first-order valence-electron chi connectivity index (χ1n) is 9.36. The van der Waals surface area contributed by atoms with E-state index in [1.54, 1.807) is 30.5 Å². The van der Waals surface area contributed by atoms with Crippen LogP contribution in [0.1, 0.15) is 43.0 Å². The van der Waals surface area contributed by atoms with Crippen molar-refractivity contribution in [1.29, 1.82) is 0 Å². The van der Waals surface area contributed by atoms with Crippen molar-refractivity contribution in [3.05, 3.63) is 42.1 Å². The predicted octanol–water partition coefficient (Wildman–Crippen LogP) is 2.08. The third-order valence-electron chi connectivity index (χ3n) is 4.43. The van der Waals surface area contributed by atoms with Crippen LogP contribution in [0, 0.1) is 5.92 Å². The molecule has 1 heterocycles. The fourth-order valence-corrected chi connectivity index (χ4v) is 2.89. The number of fused-ring (bicyclic) bond motifs is 1. The first-order valence-corrected chi connectivity index (χ1v) is 9.36. The number of aromatic nitrogens is 1. The molecule has 0 radical (unpaired) electrons. The first-order chi connectivity index (χ1) is 13.5. The van der Waals surface area contributed by atoms with Gasteiger partial charge in [-0.1, -0.05) is 32.3 Å². The molecule has 8 nitrogen and oxygen atoms in total. The van der Waals surface area contributed by atoms with Gasteiger partial charge in [-0.25, -0.2) is 5.06 Å². The molecule has 0 aliphatic carbocycles. The smallest absolute Gasteiger partial charge is 0.252 e. The van der Waals surface area contributed by atoms with Crippen LogP contribution in [0.5, 0.6) is 0 Å². The van der Waals surface area contributed by atoms with Gasteiger partial charge in [-0.3, -0.25) is 24.6 Å². The van der Waals surface area contributed by atoms with Gasteiger partial charge in [-0.2, -0.15) is 0 Å². The van der Waals surface area contributed by atoms with E-state index in [9.17, 15) is 19.6 Å². The molecule has 0 aliphatic heterocycles. The number of nitrogens with zero attached hydrogens (tertiary/aromatic N) is 2. The van der Waals surface area contributed by atoms with Crippen molar-refractivity contribution in [3.63, 3.8) is 0 Å². The van der Waals surface area contributed by atoms with Crippen LogP contribution in [-0.4, -0.2) is 46.7 Å². The molecule has 2 rings (SSSR count). The zero-order valence-corrected chi connectivity index (χ0v) is 15.9. The summed E-state index contributed by atoms with van der Waals surface area (Å²) in [7, 11) is 0. The lowest BCUT2D eigenvalue weighted by molar-refractivity contribution is -0.154. The monoisotopic (exact) mass is 386 g/mol. The summed E-state index contributed by atoms with van der Waals surface area (Å²) in [6.45, 7) is 1.93. The zero-order chi connectivity index (χ0) is 20.4. The van der Waals surface area contributed by atoms with E-state index in [0.717, 1.165) is 30.2 Å². The average Bonchev–Trinajstić information content (AvgIpc) is 2.72. The van der Waals surface area contributed by atoms with Crippen LogP contribution in [0.25, 0.3) is 10.9 Å². The highest BCUT2D eigenvalue weighted by molar-refractivity contribution is 5.98. The Hall–Kier alpha value is -3.00. The summed E-state index contributed by atoms with van der Waals surface area (Å²) in [5, 5.41) is 16.0. The molecule has 0 spiro atoms.